The van der Waals surface area contributed by atoms with Gasteiger partial charge in [0.1, 0.15) is 16.4 Å². The molecule has 0 saturated carbocycles. The second kappa shape index (κ2) is 5.66. The summed E-state index contributed by atoms with van der Waals surface area (Å²) in [5.41, 5.74) is 5.56. The van der Waals surface area contributed by atoms with Crippen molar-refractivity contribution >= 4 is 21.8 Å². The zero-order chi connectivity index (χ0) is 16.5. The average Bonchev–Trinajstić information content (AvgIpc) is 2.41. The Morgan fingerprint density at radius 1 is 1.14 bits per heavy atom. The van der Waals surface area contributed by atoms with Crippen LogP contribution in [-0.4, -0.2) is 24.0 Å². The lowest BCUT2D eigenvalue weighted by molar-refractivity contribution is 0.0692. The Hall–Kier alpha value is -2.58. The van der Waals surface area contributed by atoms with Crippen LogP contribution >= 0.6 is 0 Å². The summed E-state index contributed by atoms with van der Waals surface area (Å²) in [7, 11) is -4.71. The summed E-state index contributed by atoms with van der Waals surface area (Å²) in [6.45, 7) is 1.35. The Balaban J connectivity index is 2.55. The van der Waals surface area contributed by atoms with Crippen LogP contribution in [0.3, 0.4) is 0 Å². The fourth-order valence-electron chi connectivity index (χ4n) is 1.95. The van der Waals surface area contributed by atoms with Gasteiger partial charge in [0.25, 0.3) is 10.1 Å². The second-order valence-electron chi connectivity index (χ2n) is 4.52. The van der Waals surface area contributed by atoms with Crippen molar-refractivity contribution in [1.29, 1.82) is 0 Å². The van der Waals surface area contributed by atoms with Crippen LogP contribution in [0, 0.1) is 6.92 Å². The van der Waals surface area contributed by atoms with Gasteiger partial charge in [-0.15, -0.1) is 0 Å². The Labute approximate surface area is 126 Å². The highest BCUT2D eigenvalue weighted by Crippen LogP contribution is 2.32. The van der Waals surface area contributed by atoms with Crippen LogP contribution in [-0.2, 0) is 10.1 Å². The van der Waals surface area contributed by atoms with Gasteiger partial charge in [0, 0.05) is 11.3 Å². The second-order valence-corrected chi connectivity index (χ2v) is 5.88. The molecule has 0 spiro atoms. The lowest BCUT2D eigenvalue weighted by Gasteiger charge is -2.13. The van der Waals surface area contributed by atoms with E-state index in [1.54, 1.807) is 24.3 Å². The van der Waals surface area contributed by atoms with Crippen LogP contribution < -0.4 is 10.5 Å². The van der Waals surface area contributed by atoms with Crippen LogP contribution in [0.4, 0.5) is 5.69 Å². The number of nitrogens with two attached hydrogens (primary N) is 1. The molecular formula is C14H13NO6S. The third kappa shape index (κ3) is 3.18. The van der Waals surface area contributed by atoms with Crippen LogP contribution in [0.1, 0.15) is 15.9 Å². The van der Waals surface area contributed by atoms with Gasteiger partial charge in [-0.05, 0) is 43.3 Å². The highest BCUT2D eigenvalue weighted by molar-refractivity contribution is 7.86. The van der Waals surface area contributed by atoms with E-state index in [2.05, 4.69) is 0 Å². The van der Waals surface area contributed by atoms with Gasteiger partial charge >= 0.3 is 5.97 Å². The van der Waals surface area contributed by atoms with Gasteiger partial charge in [-0.25, -0.2) is 4.79 Å². The molecule has 0 aliphatic rings. The molecule has 0 aromatic heterocycles. The fraction of sp³-hybridized carbons (Fsp3) is 0.0714. The van der Waals surface area contributed by atoms with Gasteiger partial charge in [-0.2, -0.15) is 8.42 Å². The Morgan fingerprint density at radius 2 is 1.73 bits per heavy atom. The first kappa shape index (κ1) is 15.8. The number of anilines is 1. The lowest BCUT2D eigenvalue weighted by Crippen LogP contribution is -2.11. The Morgan fingerprint density at radius 3 is 2.23 bits per heavy atom. The summed E-state index contributed by atoms with van der Waals surface area (Å²) in [6.07, 6.45) is 0. The number of carboxylic acid groups (broad SMARTS) is 1. The number of ether oxygens (including phenoxy) is 1. The summed E-state index contributed by atoms with van der Waals surface area (Å²) in [5.74, 6) is -0.959. The summed E-state index contributed by atoms with van der Waals surface area (Å²) >= 11 is 0. The monoisotopic (exact) mass is 323 g/mol. The van der Waals surface area contributed by atoms with Crippen LogP contribution in [0.5, 0.6) is 11.5 Å². The zero-order valence-electron chi connectivity index (χ0n) is 11.5. The molecule has 0 heterocycles. The molecule has 0 atom stereocenters. The predicted molar refractivity (Wildman–Crippen MR) is 78.9 cm³/mol. The molecule has 116 valence electrons. The quantitative estimate of drug-likeness (QED) is 0.582. The maximum absolute atomic E-state index is 11.4. The van der Waals surface area contributed by atoms with E-state index in [0.29, 0.717) is 11.4 Å². The van der Waals surface area contributed by atoms with Crippen molar-refractivity contribution in [1.82, 2.24) is 0 Å². The molecule has 0 bridgehead atoms. The van der Waals surface area contributed by atoms with Crippen LogP contribution in [0.25, 0.3) is 0 Å². The topological polar surface area (TPSA) is 127 Å². The van der Waals surface area contributed by atoms with Crippen molar-refractivity contribution in [2.75, 3.05) is 5.73 Å². The first-order chi connectivity index (χ1) is 10.2. The molecule has 0 aliphatic carbocycles. The molecule has 2 aromatic rings. The number of carboxylic acids is 1. The van der Waals surface area contributed by atoms with Gasteiger partial charge in [-0.1, -0.05) is 0 Å². The Kier molecular flexibility index (Phi) is 4.07. The molecule has 2 aromatic carbocycles. The van der Waals surface area contributed by atoms with Crippen molar-refractivity contribution in [2.45, 2.75) is 11.8 Å². The van der Waals surface area contributed by atoms with E-state index in [1.165, 1.54) is 13.0 Å². The number of benzene rings is 2. The van der Waals surface area contributed by atoms with Crippen molar-refractivity contribution in [3.8, 4) is 11.5 Å². The van der Waals surface area contributed by atoms with E-state index in [0.717, 1.165) is 6.07 Å². The first-order valence-electron chi connectivity index (χ1n) is 6.08. The number of rotatable bonds is 4. The molecular weight excluding hydrogens is 310 g/mol. The van der Waals surface area contributed by atoms with Gasteiger partial charge in [-0.3, -0.25) is 4.55 Å². The standard InChI is InChI=1S/C14H13NO6S/c1-8-12(21-10-4-2-9(15)3-5-10)7-6-11(14(16)17)13(8)22(18,19)20/h2-7H,15H2,1H3,(H,16,17)(H,18,19,20). The normalized spacial score (nSPS) is 11.2. The SMILES string of the molecule is Cc1c(Oc2ccc(N)cc2)ccc(C(=O)O)c1S(=O)(=O)O. The minimum absolute atomic E-state index is 0.000718. The number of carbonyl (C=O) groups is 1. The van der Waals surface area contributed by atoms with Gasteiger partial charge in [0.2, 0.25) is 0 Å². The summed E-state index contributed by atoms with van der Waals surface area (Å²) < 4.78 is 37.7. The number of hydrogen-bond acceptors (Lipinski definition) is 5. The summed E-state index contributed by atoms with van der Waals surface area (Å²) in [5, 5.41) is 9.03. The molecule has 0 amide bonds. The van der Waals surface area contributed by atoms with Crippen molar-refractivity contribution in [2.24, 2.45) is 0 Å². The number of hydrogen-bond donors (Lipinski definition) is 3. The van der Waals surface area contributed by atoms with Crippen LogP contribution in [0.15, 0.2) is 41.3 Å². The maximum Gasteiger partial charge on any atom is 0.337 e. The summed E-state index contributed by atoms with van der Waals surface area (Å²) in [4.78, 5) is 10.4. The zero-order valence-corrected chi connectivity index (χ0v) is 12.3. The molecule has 0 unspecified atom stereocenters. The minimum Gasteiger partial charge on any atom is -0.478 e. The van der Waals surface area contributed by atoms with E-state index < -0.39 is 26.5 Å². The number of aromatic carboxylic acids is 1. The average molecular weight is 323 g/mol. The molecule has 2 rings (SSSR count). The van der Waals surface area contributed by atoms with Gasteiger partial charge in [0.15, 0.2) is 0 Å². The van der Waals surface area contributed by atoms with Crippen molar-refractivity contribution in [3.63, 3.8) is 0 Å². The molecule has 7 nitrogen and oxygen atoms in total. The van der Waals surface area contributed by atoms with E-state index in [9.17, 15) is 17.8 Å². The molecule has 0 aliphatic heterocycles. The molecule has 22 heavy (non-hydrogen) atoms. The smallest absolute Gasteiger partial charge is 0.337 e. The van der Waals surface area contributed by atoms with Crippen molar-refractivity contribution < 1.29 is 27.6 Å². The third-order valence-electron chi connectivity index (χ3n) is 2.95. The maximum atomic E-state index is 11.4. The van der Waals surface area contributed by atoms with E-state index in [4.69, 9.17) is 15.6 Å². The molecule has 0 fully saturated rings. The summed E-state index contributed by atoms with van der Waals surface area (Å²) in [6, 6.07) is 8.73. The van der Waals surface area contributed by atoms with E-state index in [1.807, 2.05) is 0 Å². The predicted octanol–water partition coefficient (Wildman–Crippen LogP) is 2.31. The highest BCUT2D eigenvalue weighted by atomic mass is 32.2. The van der Waals surface area contributed by atoms with E-state index >= 15 is 0 Å². The highest BCUT2D eigenvalue weighted by Gasteiger charge is 2.25. The van der Waals surface area contributed by atoms with Crippen molar-refractivity contribution in [3.05, 3.63) is 47.5 Å². The fourth-order valence-corrected chi connectivity index (χ4v) is 2.87. The molecule has 0 saturated heterocycles. The lowest BCUT2D eigenvalue weighted by atomic mass is 10.1. The largest absolute Gasteiger partial charge is 0.478 e. The van der Waals surface area contributed by atoms with Gasteiger partial charge < -0.3 is 15.6 Å². The molecule has 4 N–H and O–H groups in total. The third-order valence-corrected chi connectivity index (χ3v) is 3.99. The number of nitrogen functional groups attached to an aromatic ring is 1. The van der Waals surface area contributed by atoms with Gasteiger partial charge in [0.05, 0.1) is 5.56 Å². The Bertz CT molecular complexity index is 827. The molecule has 8 heteroatoms. The van der Waals surface area contributed by atoms with E-state index in [-0.39, 0.29) is 11.3 Å². The first-order valence-corrected chi connectivity index (χ1v) is 7.52. The molecule has 0 radical (unpaired) electrons. The minimum atomic E-state index is -4.71. The van der Waals surface area contributed by atoms with Crippen LogP contribution in [0.2, 0.25) is 0 Å².